The number of hydrogen-bond acceptors (Lipinski definition) is 6. The second-order valence-electron chi connectivity index (χ2n) is 6.52. The molecular formula is C18H22N4O3S. The lowest BCUT2D eigenvalue weighted by molar-refractivity contribution is -0.384. The molecular weight excluding hydrogens is 352 g/mol. The van der Waals surface area contributed by atoms with E-state index in [1.54, 1.807) is 16.2 Å². The number of thiophene rings is 1. The summed E-state index contributed by atoms with van der Waals surface area (Å²) in [5, 5.41) is 13.9. The molecule has 0 N–H and O–H groups in total. The first kappa shape index (κ1) is 18.3. The van der Waals surface area contributed by atoms with Crippen molar-refractivity contribution in [3.8, 4) is 0 Å². The molecule has 0 saturated carbocycles. The van der Waals surface area contributed by atoms with Crippen LogP contribution < -0.4 is 9.80 Å². The van der Waals surface area contributed by atoms with Gasteiger partial charge in [-0.25, -0.2) is 0 Å². The van der Waals surface area contributed by atoms with Crippen LogP contribution in [-0.2, 0) is 0 Å². The second-order valence-corrected chi connectivity index (χ2v) is 7.41. The van der Waals surface area contributed by atoms with Gasteiger partial charge < -0.3 is 14.7 Å². The molecule has 1 aromatic carbocycles. The molecule has 0 unspecified atom stereocenters. The van der Waals surface area contributed by atoms with Crippen LogP contribution in [0.15, 0.2) is 35.7 Å². The maximum absolute atomic E-state index is 13.0. The first-order chi connectivity index (χ1) is 12.5. The highest BCUT2D eigenvalue weighted by Crippen LogP contribution is 2.38. The van der Waals surface area contributed by atoms with Crippen molar-refractivity contribution >= 4 is 33.6 Å². The fourth-order valence-corrected chi connectivity index (χ4v) is 3.96. The molecule has 138 valence electrons. The number of nitro groups is 1. The maximum atomic E-state index is 13.0. The third kappa shape index (κ3) is 3.86. The molecule has 2 heterocycles. The van der Waals surface area contributed by atoms with E-state index in [-0.39, 0.29) is 11.6 Å². The summed E-state index contributed by atoms with van der Waals surface area (Å²) < 4.78 is 0. The normalized spacial score (nSPS) is 14.3. The van der Waals surface area contributed by atoms with Gasteiger partial charge in [0.2, 0.25) is 0 Å². The van der Waals surface area contributed by atoms with Crippen LogP contribution in [0.3, 0.4) is 0 Å². The molecule has 26 heavy (non-hydrogen) atoms. The lowest BCUT2D eigenvalue weighted by Gasteiger charge is -2.25. The largest absolute Gasteiger partial charge is 0.360 e. The Balaban J connectivity index is 1.84. The number of benzene rings is 1. The summed E-state index contributed by atoms with van der Waals surface area (Å²) in [7, 11) is 4.11. The second kappa shape index (κ2) is 7.84. The fraction of sp³-hybridized carbons (Fsp3) is 0.389. The Bertz CT molecular complexity index is 788. The van der Waals surface area contributed by atoms with Gasteiger partial charge in [0.1, 0.15) is 5.00 Å². The van der Waals surface area contributed by atoms with Crippen molar-refractivity contribution in [3.05, 3.63) is 51.4 Å². The Morgan fingerprint density at radius 1 is 1.23 bits per heavy atom. The Labute approximate surface area is 156 Å². The Morgan fingerprint density at radius 2 is 1.96 bits per heavy atom. The number of carbonyl (C=O) groups is 1. The van der Waals surface area contributed by atoms with Crippen molar-refractivity contribution in [3.63, 3.8) is 0 Å². The highest BCUT2D eigenvalue weighted by molar-refractivity contribution is 7.15. The summed E-state index contributed by atoms with van der Waals surface area (Å²) >= 11 is 1.65. The SMILES string of the molecule is CN(C)CCN1CCCN(C(=O)c2ccc([N+](=O)[O-])cc2)c2ccsc21. The number of nitro benzene ring substituents is 1. The van der Waals surface area contributed by atoms with Crippen molar-refractivity contribution in [2.24, 2.45) is 0 Å². The molecule has 0 bridgehead atoms. The number of rotatable bonds is 5. The van der Waals surface area contributed by atoms with E-state index in [2.05, 4.69) is 23.9 Å². The zero-order valence-electron chi connectivity index (χ0n) is 14.9. The van der Waals surface area contributed by atoms with Gasteiger partial charge in [-0.2, -0.15) is 0 Å². The standard InChI is InChI=1S/C18H22N4O3S/c1-19(2)11-12-20-9-3-10-21(16-8-13-26-18(16)20)17(23)14-4-6-15(7-5-14)22(24)25/h4-8,13H,3,9-12H2,1-2H3. The van der Waals surface area contributed by atoms with Crippen molar-refractivity contribution in [1.82, 2.24) is 4.90 Å². The number of carbonyl (C=O) groups excluding carboxylic acids is 1. The molecule has 0 radical (unpaired) electrons. The summed E-state index contributed by atoms with van der Waals surface area (Å²) in [4.78, 5) is 29.6. The fourth-order valence-electron chi connectivity index (χ4n) is 3.00. The molecule has 1 amide bonds. The van der Waals surface area contributed by atoms with Gasteiger partial charge in [-0.15, -0.1) is 11.3 Å². The highest BCUT2D eigenvalue weighted by Gasteiger charge is 2.27. The first-order valence-corrected chi connectivity index (χ1v) is 9.39. The molecule has 0 fully saturated rings. The van der Waals surface area contributed by atoms with E-state index in [0.29, 0.717) is 12.1 Å². The average molecular weight is 374 g/mol. The predicted molar refractivity (Wildman–Crippen MR) is 104 cm³/mol. The molecule has 2 aromatic rings. The number of hydrogen-bond donors (Lipinski definition) is 0. The van der Waals surface area contributed by atoms with Crippen molar-refractivity contribution in [1.29, 1.82) is 0 Å². The van der Waals surface area contributed by atoms with Gasteiger partial charge in [0.25, 0.3) is 11.6 Å². The van der Waals surface area contributed by atoms with Crippen molar-refractivity contribution in [2.45, 2.75) is 6.42 Å². The molecule has 0 aliphatic carbocycles. The zero-order chi connectivity index (χ0) is 18.7. The summed E-state index contributed by atoms with van der Waals surface area (Å²) in [5.74, 6) is -0.117. The Hall–Kier alpha value is -2.45. The van der Waals surface area contributed by atoms with Crippen LogP contribution in [0.4, 0.5) is 16.4 Å². The molecule has 0 atom stereocenters. The zero-order valence-corrected chi connectivity index (χ0v) is 15.7. The van der Waals surface area contributed by atoms with Crippen LogP contribution in [0.1, 0.15) is 16.8 Å². The van der Waals surface area contributed by atoms with Gasteiger partial charge in [-0.05, 0) is 44.1 Å². The van der Waals surface area contributed by atoms with Crippen molar-refractivity contribution < 1.29 is 9.72 Å². The lowest BCUT2D eigenvalue weighted by atomic mass is 10.1. The number of likely N-dealkylation sites (N-methyl/N-ethyl adjacent to an activating group) is 1. The van der Waals surface area contributed by atoms with Crippen LogP contribution in [0.25, 0.3) is 0 Å². The first-order valence-electron chi connectivity index (χ1n) is 8.51. The van der Waals surface area contributed by atoms with Crippen LogP contribution in [-0.4, -0.2) is 56.0 Å². The van der Waals surface area contributed by atoms with Crippen LogP contribution in [0, 0.1) is 10.1 Å². The van der Waals surface area contributed by atoms with E-state index in [1.807, 2.05) is 11.4 Å². The Morgan fingerprint density at radius 3 is 2.62 bits per heavy atom. The van der Waals surface area contributed by atoms with Gasteiger partial charge in [-0.1, -0.05) is 0 Å². The van der Waals surface area contributed by atoms with Gasteiger partial charge in [0.15, 0.2) is 0 Å². The van der Waals surface area contributed by atoms with E-state index >= 15 is 0 Å². The molecule has 0 spiro atoms. The molecule has 0 saturated heterocycles. The molecule has 1 aromatic heterocycles. The van der Waals surface area contributed by atoms with E-state index in [1.165, 1.54) is 24.3 Å². The van der Waals surface area contributed by atoms with E-state index < -0.39 is 4.92 Å². The molecule has 1 aliphatic heterocycles. The van der Waals surface area contributed by atoms with Gasteiger partial charge in [0.05, 0.1) is 10.6 Å². The summed E-state index contributed by atoms with van der Waals surface area (Å²) in [6.45, 7) is 3.41. The van der Waals surface area contributed by atoms with Gasteiger partial charge >= 0.3 is 0 Å². The van der Waals surface area contributed by atoms with E-state index in [4.69, 9.17) is 0 Å². The number of anilines is 2. The molecule has 1 aliphatic rings. The molecule has 3 rings (SSSR count). The number of amides is 1. The van der Waals surface area contributed by atoms with E-state index in [9.17, 15) is 14.9 Å². The van der Waals surface area contributed by atoms with Crippen LogP contribution in [0.2, 0.25) is 0 Å². The number of non-ortho nitro benzene ring substituents is 1. The quantitative estimate of drug-likeness (QED) is 0.594. The summed E-state index contributed by atoms with van der Waals surface area (Å²) in [5.41, 5.74) is 1.38. The Kier molecular flexibility index (Phi) is 5.53. The van der Waals surface area contributed by atoms with Crippen molar-refractivity contribution in [2.75, 3.05) is 50.1 Å². The minimum atomic E-state index is -0.459. The monoisotopic (exact) mass is 374 g/mol. The number of fused-ring (bicyclic) bond motifs is 1. The number of nitrogens with zero attached hydrogens (tertiary/aromatic N) is 4. The smallest absolute Gasteiger partial charge is 0.269 e. The molecule has 7 nitrogen and oxygen atoms in total. The maximum Gasteiger partial charge on any atom is 0.269 e. The van der Waals surface area contributed by atoms with Crippen LogP contribution >= 0.6 is 11.3 Å². The third-order valence-corrected chi connectivity index (χ3v) is 5.36. The molecule has 8 heteroatoms. The average Bonchev–Trinajstić information content (AvgIpc) is 3.03. The minimum Gasteiger partial charge on any atom is -0.360 e. The topological polar surface area (TPSA) is 69.9 Å². The summed E-state index contributed by atoms with van der Waals surface area (Å²) in [6, 6.07) is 7.80. The predicted octanol–water partition coefficient (Wildman–Crippen LogP) is 3.07. The van der Waals surface area contributed by atoms with Gasteiger partial charge in [-0.3, -0.25) is 14.9 Å². The van der Waals surface area contributed by atoms with E-state index in [0.717, 1.165) is 36.7 Å². The van der Waals surface area contributed by atoms with Crippen LogP contribution in [0.5, 0.6) is 0 Å². The lowest BCUT2D eigenvalue weighted by Crippen LogP contribution is -2.31. The van der Waals surface area contributed by atoms with Gasteiger partial charge in [0, 0.05) is 43.9 Å². The summed E-state index contributed by atoms with van der Waals surface area (Å²) in [6.07, 6.45) is 0.882. The minimum absolute atomic E-state index is 0.0106. The third-order valence-electron chi connectivity index (χ3n) is 4.40. The highest BCUT2D eigenvalue weighted by atomic mass is 32.1.